The molecule has 0 atom stereocenters. The highest BCUT2D eigenvalue weighted by atomic mass is 35.5. The molecule has 0 unspecified atom stereocenters. The maximum Gasteiger partial charge on any atom is 0.224 e. The van der Waals surface area contributed by atoms with E-state index in [0.717, 1.165) is 37.5 Å². The largest absolute Gasteiger partial charge is 0.493 e. The molecule has 0 spiro atoms. The van der Waals surface area contributed by atoms with Crippen LogP contribution in [0.15, 0.2) is 42.5 Å². The molecule has 0 aromatic heterocycles. The summed E-state index contributed by atoms with van der Waals surface area (Å²) >= 11 is 5.94. The van der Waals surface area contributed by atoms with E-state index in [-0.39, 0.29) is 11.7 Å². The molecule has 1 saturated heterocycles. The zero-order valence-corrected chi connectivity index (χ0v) is 19.0. The van der Waals surface area contributed by atoms with Crippen LogP contribution in [0.25, 0.3) is 0 Å². The number of nitrogens with zero attached hydrogens (tertiary/aromatic N) is 2. The summed E-state index contributed by atoms with van der Waals surface area (Å²) in [6.45, 7) is 6.64. The van der Waals surface area contributed by atoms with Crippen LogP contribution in [0.5, 0.6) is 5.75 Å². The molecule has 1 heterocycles. The number of ether oxygens (including phenoxy) is 1. The standard InChI is InChI=1S/C24H30ClN3O3/c1-18-16-20(25)7-10-23(18)31-15-3-4-24(30)26-21-8-5-19(6-9-21)22(29)17-28-13-11-27(2)12-14-28/h5-10,16H,3-4,11-15,17H2,1-2H3,(H,26,30). The highest BCUT2D eigenvalue weighted by Crippen LogP contribution is 2.22. The number of likely N-dealkylation sites (N-methyl/N-ethyl adjacent to an activating group) is 1. The predicted molar refractivity (Wildman–Crippen MR) is 124 cm³/mol. The summed E-state index contributed by atoms with van der Waals surface area (Å²) in [5.74, 6) is 0.812. The van der Waals surface area contributed by atoms with Gasteiger partial charge >= 0.3 is 0 Å². The second-order valence-electron chi connectivity index (χ2n) is 7.99. The lowest BCUT2D eigenvalue weighted by Gasteiger charge is -2.31. The van der Waals surface area contributed by atoms with Crippen LogP contribution in [0, 0.1) is 6.92 Å². The molecule has 0 saturated carbocycles. The molecule has 0 aliphatic carbocycles. The van der Waals surface area contributed by atoms with Gasteiger partial charge in [-0.25, -0.2) is 0 Å². The molecule has 1 aliphatic rings. The monoisotopic (exact) mass is 443 g/mol. The highest BCUT2D eigenvalue weighted by Gasteiger charge is 2.17. The van der Waals surface area contributed by atoms with Crippen LogP contribution in [-0.4, -0.2) is 67.9 Å². The number of halogens is 1. The van der Waals surface area contributed by atoms with Crippen LogP contribution in [0.2, 0.25) is 5.02 Å². The number of ketones is 1. The van der Waals surface area contributed by atoms with Crippen LogP contribution in [0.4, 0.5) is 5.69 Å². The van der Waals surface area contributed by atoms with E-state index in [9.17, 15) is 9.59 Å². The van der Waals surface area contributed by atoms with Crippen LogP contribution < -0.4 is 10.1 Å². The Bertz CT molecular complexity index is 893. The molecule has 7 heteroatoms. The number of carbonyl (C=O) groups excluding carboxylic acids is 2. The Morgan fingerprint density at radius 2 is 1.77 bits per heavy atom. The second kappa shape index (κ2) is 11.3. The molecule has 6 nitrogen and oxygen atoms in total. The van der Waals surface area contributed by atoms with Gasteiger partial charge < -0.3 is 15.0 Å². The van der Waals surface area contributed by atoms with Gasteiger partial charge in [-0.1, -0.05) is 11.6 Å². The van der Waals surface area contributed by atoms with E-state index in [1.807, 2.05) is 19.1 Å². The van der Waals surface area contributed by atoms with E-state index in [1.165, 1.54) is 0 Å². The molecule has 0 radical (unpaired) electrons. The van der Waals surface area contributed by atoms with Gasteiger partial charge in [0.05, 0.1) is 13.2 Å². The lowest BCUT2D eigenvalue weighted by molar-refractivity contribution is -0.116. The fourth-order valence-electron chi connectivity index (χ4n) is 3.45. The molecule has 1 fully saturated rings. The molecule has 3 rings (SSSR count). The third kappa shape index (κ3) is 7.35. The third-order valence-electron chi connectivity index (χ3n) is 5.40. The minimum absolute atomic E-state index is 0.0760. The van der Waals surface area contributed by atoms with Crippen molar-refractivity contribution in [3.05, 3.63) is 58.6 Å². The first-order valence-corrected chi connectivity index (χ1v) is 11.0. The normalized spacial score (nSPS) is 14.9. The Morgan fingerprint density at radius 1 is 1.06 bits per heavy atom. The molecular weight excluding hydrogens is 414 g/mol. The van der Waals surface area contributed by atoms with Gasteiger partial charge in [0.1, 0.15) is 5.75 Å². The minimum atomic E-state index is -0.0760. The van der Waals surface area contributed by atoms with E-state index >= 15 is 0 Å². The molecule has 0 bridgehead atoms. The van der Waals surface area contributed by atoms with E-state index in [1.54, 1.807) is 30.3 Å². The number of nitrogens with one attached hydrogen (secondary N) is 1. The molecule has 2 aromatic rings. The predicted octanol–water partition coefficient (Wildman–Crippen LogP) is 3.88. The maximum absolute atomic E-state index is 12.5. The summed E-state index contributed by atoms with van der Waals surface area (Å²) < 4.78 is 5.72. The van der Waals surface area contributed by atoms with Gasteiger partial charge in [0, 0.05) is 48.9 Å². The van der Waals surface area contributed by atoms with Gasteiger partial charge in [-0.15, -0.1) is 0 Å². The van der Waals surface area contributed by atoms with Crippen LogP contribution in [0.3, 0.4) is 0 Å². The molecule has 2 aromatic carbocycles. The molecule has 166 valence electrons. The summed E-state index contributed by atoms with van der Waals surface area (Å²) in [5.41, 5.74) is 2.33. The zero-order chi connectivity index (χ0) is 22.2. The van der Waals surface area contributed by atoms with Crippen molar-refractivity contribution in [1.29, 1.82) is 0 Å². The number of hydrogen-bond donors (Lipinski definition) is 1. The SMILES string of the molecule is Cc1cc(Cl)ccc1OCCCC(=O)Nc1ccc(C(=O)CN2CCN(C)CC2)cc1. The number of anilines is 1. The van der Waals surface area contributed by atoms with Gasteiger partial charge in [-0.3, -0.25) is 14.5 Å². The van der Waals surface area contributed by atoms with Crippen LogP contribution in [-0.2, 0) is 4.79 Å². The van der Waals surface area contributed by atoms with Crippen molar-refractivity contribution in [2.45, 2.75) is 19.8 Å². The number of rotatable bonds is 9. The number of amides is 1. The first-order valence-electron chi connectivity index (χ1n) is 10.6. The smallest absolute Gasteiger partial charge is 0.224 e. The number of hydrogen-bond acceptors (Lipinski definition) is 5. The van der Waals surface area contributed by atoms with Crippen molar-refractivity contribution in [2.75, 3.05) is 51.7 Å². The van der Waals surface area contributed by atoms with Crippen molar-refractivity contribution < 1.29 is 14.3 Å². The van der Waals surface area contributed by atoms with Gasteiger partial charge in [0.15, 0.2) is 5.78 Å². The number of Topliss-reactive ketones (excluding diaryl/α,β-unsaturated/α-hetero) is 1. The molecule has 31 heavy (non-hydrogen) atoms. The van der Waals surface area contributed by atoms with Crippen molar-refractivity contribution in [2.24, 2.45) is 0 Å². The quantitative estimate of drug-likeness (QED) is 0.470. The molecule has 1 N–H and O–H groups in total. The summed E-state index contributed by atoms with van der Waals surface area (Å²) in [7, 11) is 2.10. The van der Waals surface area contributed by atoms with Crippen molar-refractivity contribution in [3.8, 4) is 5.75 Å². The molecule has 1 amide bonds. The zero-order valence-electron chi connectivity index (χ0n) is 18.2. The van der Waals surface area contributed by atoms with Crippen molar-refractivity contribution >= 4 is 29.0 Å². The Kier molecular flexibility index (Phi) is 8.46. The lowest BCUT2D eigenvalue weighted by atomic mass is 10.1. The molecular formula is C24H30ClN3O3. The van der Waals surface area contributed by atoms with Gasteiger partial charge in [-0.2, -0.15) is 0 Å². The number of aryl methyl sites for hydroxylation is 1. The van der Waals surface area contributed by atoms with Gasteiger partial charge in [-0.05, 0) is 68.4 Å². The third-order valence-corrected chi connectivity index (χ3v) is 5.63. The first-order chi connectivity index (χ1) is 14.9. The maximum atomic E-state index is 12.5. The lowest BCUT2D eigenvalue weighted by Crippen LogP contribution is -2.46. The summed E-state index contributed by atoms with van der Waals surface area (Å²) in [6, 6.07) is 12.6. The summed E-state index contributed by atoms with van der Waals surface area (Å²) in [4.78, 5) is 29.1. The number of benzene rings is 2. The minimum Gasteiger partial charge on any atom is -0.493 e. The molecule has 1 aliphatic heterocycles. The summed E-state index contributed by atoms with van der Waals surface area (Å²) in [5, 5.41) is 3.55. The topological polar surface area (TPSA) is 61.9 Å². The Labute approximate surface area is 189 Å². The van der Waals surface area contributed by atoms with E-state index in [0.29, 0.717) is 42.3 Å². The fraction of sp³-hybridized carbons (Fsp3) is 0.417. The number of carbonyl (C=O) groups is 2. The Morgan fingerprint density at radius 3 is 2.45 bits per heavy atom. The van der Waals surface area contributed by atoms with E-state index < -0.39 is 0 Å². The Hall–Kier alpha value is -2.41. The average molecular weight is 444 g/mol. The average Bonchev–Trinajstić information content (AvgIpc) is 2.74. The van der Waals surface area contributed by atoms with Gasteiger partial charge in [0.2, 0.25) is 5.91 Å². The van der Waals surface area contributed by atoms with Crippen molar-refractivity contribution in [1.82, 2.24) is 9.80 Å². The Balaban J connectivity index is 1.38. The summed E-state index contributed by atoms with van der Waals surface area (Å²) in [6.07, 6.45) is 0.965. The fourth-order valence-corrected chi connectivity index (χ4v) is 3.68. The first kappa shape index (κ1) is 23.3. The van der Waals surface area contributed by atoms with Crippen LogP contribution in [0.1, 0.15) is 28.8 Å². The van der Waals surface area contributed by atoms with E-state index in [2.05, 4.69) is 22.2 Å². The number of piperazine rings is 1. The highest BCUT2D eigenvalue weighted by molar-refractivity contribution is 6.30. The van der Waals surface area contributed by atoms with Crippen molar-refractivity contribution in [3.63, 3.8) is 0 Å². The van der Waals surface area contributed by atoms with E-state index in [4.69, 9.17) is 16.3 Å². The van der Waals surface area contributed by atoms with Crippen LogP contribution >= 0.6 is 11.6 Å². The van der Waals surface area contributed by atoms with Gasteiger partial charge in [0.25, 0.3) is 0 Å². The second-order valence-corrected chi connectivity index (χ2v) is 8.43.